The number of benzene rings is 2. The van der Waals surface area contributed by atoms with E-state index in [4.69, 9.17) is 26.8 Å². The molecule has 0 heterocycles. The Morgan fingerprint density at radius 1 is 1.16 bits per heavy atom. The number of carbonyl (C=O) groups is 2. The number of anilines is 1. The quantitative estimate of drug-likeness (QED) is 0.653. The average molecular weight is 363 g/mol. The van der Waals surface area contributed by atoms with E-state index in [-0.39, 0.29) is 27.9 Å². The predicted octanol–water partition coefficient (Wildman–Crippen LogP) is 2.92. The van der Waals surface area contributed by atoms with Gasteiger partial charge in [-0.15, -0.1) is 0 Å². The Bertz CT molecular complexity index is 778. The number of methoxy groups -OCH3 is 1. The molecule has 25 heavy (non-hydrogen) atoms. The molecule has 132 valence electrons. The summed E-state index contributed by atoms with van der Waals surface area (Å²) < 4.78 is 10.6. The molecule has 0 radical (unpaired) electrons. The number of halogens is 1. The van der Waals surface area contributed by atoms with E-state index in [1.165, 1.54) is 24.1 Å². The molecule has 7 heteroatoms. The van der Waals surface area contributed by atoms with Crippen LogP contribution in [0.3, 0.4) is 0 Å². The summed E-state index contributed by atoms with van der Waals surface area (Å²) in [5.74, 6) is -0.876. The van der Waals surface area contributed by atoms with Gasteiger partial charge in [-0.25, -0.2) is 4.79 Å². The summed E-state index contributed by atoms with van der Waals surface area (Å²) in [7, 11) is 4.58. The Kier molecular flexibility index (Phi) is 5.88. The molecule has 0 spiro atoms. The standard InChI is InChI=1S/C18H19ClN2O4/c1-21(2)17(22)16(11-7-5-4-6-8-11)25-18(23)12-9-13(19)14(20)10-15(12)24-3/h4-10,16H,20H2,1-3H3/t16-/m0/s1. The van der Waals surface area contributed by atoms with Gasteiger partial charge in [-0.1, -0.05) is 41.9 Å². The van der Waals surface area contributed by atoms with Gasteiger partial charge in [0.05, 0.1) is 17.8 Å². The van der Waals surface area contributed by atoms with Gasteiger partial charge in [-0.3, -0.25) is 4.79 Å². The van der Waals surface area contributed by atoms with Gasteiger partial charge in [0.2, 0.25) is 6.10 Å². The molecule has 0 unspecified atom stereocenters. The largest absolute Gasteiger partial charge is 0.496 e. The van der Waals surface area contributed by atoms with Crippen molar-refractivity contribution in [2.24, 2.45) is 0 Å². The van der Waals surface area contributed by atoms with E-state index >= 15 is 0 Å². The normalized spacial score (nSPS) is 11.5. The van der Waals surface area contributed by atoms with Crippen molar-refractivity contribution in [1.82, 2.24) is 4.90 Å². The van der Waals surface area contributed by atoms with Crippen molar-refractivity contribution in [3.63, 3.8) is 0 Å². The highest BCUT2D eigenvalue weighted by Gasteiger charge is 2.28. The molecule has 1 atom stereocenters. The molecule has 0 saturated heterocycles. The molecule has 2 rings (SSSR count). The van der Waals surface area contributed by atoms with Crippen LogP contribution < -0.4 is 10.5 Å². The third-order valence-electron chi connectivity index (χ3n) is 3.53. The first-order valence-corrected chi connectivity index (χ1v) is 7.83. The fourth-order valence-electron chi connectivity index (χ4n) is 2.19. The first-order chi connectivity index (χ1) is 11.8. The van der Waals surface area contributed by atoms with Crippen LogP contribution in [0, 0.1) is 0 Å². The fraction of sp³-hybridized carbons (Fsp3) is 0.222. The molecule has 2 aromatic carbocycles. The smallest absolute Gasteiger partial charge is 0.343 e. The van der Waals surface area contributed by atoms with Crippen LogP contribution in [-0.4, -0.2) is 38.0 Å². The molecular weight excluding hydrogens is 344 g/mol. The molecule has 0 aliphatic rings. The topological polar surface area (TPSA) is 81.9 Å². The van der Waals surface area contributed by atoms with Crippen molar-refractivity contribution in [2.45, 2.75) is 6.10 Å². The molecule has 1 amide bonds. The van der Waals surface area contributed by atoms with E-state index < -0.39 is 12.1 Å². The first-order valence-electron chi connectivity index (χ1n) is 7.45. The number of amides is 1. The van der Waals surface area contributed by atoms with Crippen molar-refractivity contribution in [3.05, 3.63) is 58.6 Å². The fourth-order valence-corrected chi connectivity index (χ4v) is 2.36. The summed E-state index contributed by atoms with van der Waals surface area (Å²) in [6.45, 7) is 0. The minimum atomic E-state index is -1.08. The number of rotatable bonds is 5. The van der Waals surface area contributed by atoms with Crippen molar-refractivity contribution in [3.8, 4) is 5.75 Å². The number of nitrogen functional groups attached to an aromatic ring is 1. The van der Waals surface area contributed by atoms with Crippen LogP contribution in [0.4, 0.5) is 5.69 Å². The van der Waals surface area contributed by atoms with Gasteiger partial charge in [-0.05, 0) is 6.07 Å². The highest BCUT2D eigenvalue weighted by molar-refractivity contribution is 6.33. The van der Waals surface area contributed by atoms with Crippen LogP contribution in [-0.2, 0) is 9.53 Å². The lowest BCUT2D eigenvalue weighted by Crippen LogP contribution is -2.31. The number of hydrogen-bond donors (Lipinski definition) is 1. The number of ether oxygens (including phenoxy) is 2. The zero-order chi connectivity index (χ0) is 18.6. The van der Waals surface area contributed by atoms with Gasteiger partial charge < -0.3 is 20.1 Å². The van der Waals surface area contributed by atoms with E-state index in [0.717, 1.165) is 0 Å². The SMILES string of the molecule is COc1cc(N)c(Cl)cc1C(=O)O[C@H](C(=O)N(C)C)c1ccccc1. The molecular formula is C18H19ClN2O4. The van der Waals surface area contributed by atoms with Crippen LogP contribution in [0.15, 0.2) is 42.5 Å². The van der Waals surface area contributed by atoms with Crippen molar-refractivity contribution in [1.29, 1.82) is 0 Å². The van der Waals surface area contributed by atoms with E-state index in [0.29, 0.717) is 5.56 Å². The number of nitrogens with zero attached hydrogens (tertiary/aromatic N) is 1. The minimum absolute atomic E-state index is 0.0918. The lowest BCUT2D eigenvalue weighted by atomic mass is 10.1. The monoisotopic (exact) mass is 362 g/mol. The summed E-state index contributed by atoms with van der Waals surface area (Å²) >= 11 is 5.99. The first kappa shape index (κ1) is 18.6. The van der Waals surface area contributed by atoms with Gasteiger partial charge in [0, 0.05) is 25.7 Å². The number of carbonyl (C=O) groups excluding carboxylic acids is 2. The molecule has 0 aliphatic heterocycles. The highest BCUT2D eigenvalue weighted by Crippen LogP contribution is 2.31. The maximum atomic E-state index is 12.6. The van der Waals surface area contributed by atoms with Crippen LogP contribution >= 0.6 is 11.6 Å². The summed E-state index contributed by atoms with van der Waals surface area (Å²) in [4.78, 5) is 26.4. The maximum Gasteiger partial charge on any atom is 0.343 e. The van der Waals surface area contributed by atoms with Gasteiger partial charge in [0.1, 0.15) is 11.3 Å². The van der Waals surface area contributed by atoms with E-state index in [2.05, 4.69) is 0 Å². The number of esters is 1. The van der Waals surface area contributed by atoms with Crippen molar-refractivity contribution < 1.29 is 19.1 Å². The molecule has 2 N–H and O–H groups in total. The third-order valence-corrected chi connectivity index (χ3v) is 3.86. The zero-order valence-electron chi connectivity index (χ0n) is 14.2. The van der Waals surface area contributed by atoms with Gasteiger partial charge in [0.25, 0.3) is 5.91 Å². The van der Waals surface area contributed by atoms with Crippen LogP contribution in [0.25, 0.3) is 0 Å². The highest BCUT2D eigenvalue weighted by atomic mass is 35.5. The van der Waals surface area contributed by atoms with Gasteiger partial charge in [0.15, 0.2) is 0 Å². The summed E-state index contributed by atoms with van der Waals surface area (Å²) in [6, 6.07) is 11.6. The third kappa shape index (κ3) is 4.22. The summed E-state index contributed by atoms with van der Waals surface area (Å²) in [5, 5.41) is 0.197. The van der Waals surface area contributed by atoms with E-state index in [1.54, 1.807) is 38.4 Å². The number of likely N-dealkylation sites (N-methyl/N-ethyl adjacent to an activating group) is 1. The molecule has 2 aromatic rings. The van der Waals surface area contributed by atoms with Crippen LogP contribution in [0.2, 0.25) is 5.02 Å². The zero-order valence-corrected chi connectivity index (χ0v) is 14.9. The van der Waals surface area contributed by atoms with Gasteiger partial charge >= 0.3 is 5.97 Å². The maximum absolute atomic E-state index is 12.6. The van der Waals surface area contributed by atoms with Gasteiger partial charge in [-0.2, -0.15) is 0 Å². The van der Waals surface area contributed by atoms with Crippen LogP contribution in [0.5, 0.6) is 5.75 Å². The van der Waals surface area contributed by atoms with E-state index in [9.17, 15) is 9.59 Å². The number of nitrogens with two attached hydrogens (primary N) is 1. The summed E-state index contributed by atoms with van der Waals surface area (Å²) in [6.07, 6.45) is -1.08. The van der Waals surface area contributed by atoms with Crippen molar-refractivity contribution >= 4 is 29.2 Å². The Labute approximate surface area is 151 Å². The molecule has 0 aromatic heterocycles. The second kappa shape index (κ2) is 7.90. The molecule has 0 aliphatic carbocycles. The Hall–Kier alpha value is -2.73. The van der Waals surface area contributed by atoms with Crippen molar-refractivity contribution in [2.75, 3.05) is 26.9 Å². The average Bonchev–Trinajstić information content (AvgIpc) is 2.61. The minimum Gasteiger partial charge on any atom is -0.496 e. The Morgan fingerprint density at radius 2 is 1.80 bits per heavy atom. The predicted molar refractivity (Wildman–Crippen MR) is 95.7 cm³/mol. The second-order valence-corrected chi connectivity index (χ2v) is 5.91. The molecule has 0 bridgehead atoms. The lowest BCUT2D eigenvalue weighted by Gasteiger charge is -2.21. The Morgan fingerprint density at radius 3 is 2.36 bits per heavy atom. The molecule has 0 fully saturated rings. The lowest BCUT2D eigenvalue weighted by molar-refractivity contribution is -0.138. The molecule has 0 saturated carbocycles. The van der Waals surface area contributed by atoms with E-state index in [1.807, 2.05) is 6.07 Å². The van der Waals surface area contributed by atoms with Crippen LogP contribution in [0.1, 0.15) is 22.0 Å². The number of hydrogen-bond acceptors (Lipinski definition) is 5. The molecule has 6 nitrogen and oxygen atoms in total. The second-order valence-electron chi connectivity index (χ2n) is 5.50. The Balaban J connectivity index is 2.38. The summed E-state index contributed by atoms with van der Waals surface area (Å²) in [5.41, 5.74) is 6.65.